The molecule has 0 amide bonds. The van der Waals surface area contributed by atoms with Crippen molar-refractivity contribution in [2.24, 2.45) is 0 Å². The van der Waals surface area contributed by atoms with Crippen LogP contribution in [0.4, 0.5) is 5.82 Å². The van der Waals surface area contributed by atoms with Gasteiger partial charge in [0.1, 0.15) is 17.8 Å². The van der Waals surface area contributed by atoms with Crippen molar-refractivity contribution in [3.63, 3.8) is 0 Å². The highest BCUT2D eigenvalue weighted by molar-refractivity contribution is 5.94. The number of aliphatic hydroxyl groups is 1. The Hall–Kier alpha value is -4.63. The molecule has 0 aliphatic carbocycles. The fraction of sp³-hybridized carbons (Fsp3) is 0.281. The first kappa shape index (κ1) is 29.4. The number of rotatable bonds is 10. The maximum Gasteiger partial charge on any atom is 0.347 e. The number of benzene rings is 3. The summed E-state index contributed by atoms with van der Waals surface area (Å²) in [4.78, 5) is 33.7. The van der Waals surface area contributed by atoms with Crippen LogP contribution in [0.15, 0.2) is 71.8 Å². The number of carbonyl (C=O) groups is 1. The van der Waals surface area contributed by atoms with Gasteiger partial charge in [-0.25, -0.2) is 9.78 Å². The molecule has 0 radical (unpaired) electrons. The van der Waals surface area contributed by atoms with E-state index in [1.54, 1.807) is 21.1 Å². The highest BCUT2D eigenvalue weighted by Crippen LogP contribution is 2.27. The Balaban J connectivity index is 1.86. The minimum absolute atomic E-state index is 0.171. The second-order valence-corrected chi connectivity index (χ2v) is 9.84. The molecule has 9 heteroatoms. The first-order chi connectivity index (χ1) is 19.7. The van der Waals surface area contributed by atoms with Crippen LogP contribution in [0.1, 0.15) is 51.2 Å². The van der Waals surface area contributed by atoms with Gasteiger partial charge in [-0.2, -0.15) is 0 Å². The number of nitrogens with zero attached hydrogens (tertiary/aromatic N) is 3. The minimum Gasteiger partial charge on any atom is -0.497 e. The summed E-state index contributed by atoms with van der Waals surface area (Å²) >= 11 is 0. The van der Waals surface area contributed by atoms with Gasteiger partial charge in [-0.05, 0) is 72.9 Å². The van der Waals surface area contributed by atoms with Crippen molar-refractivity contribution >= 4 is 11.8 Å². The Morgan fingerprint density at radius 1 is 0.902 bits per heavy atom. The minimum atomic E-state index is -0.780. The number of hydrogen-bond acceptors (Lipinski definition) is 8. The van der Waals surface area contributed by atoms with Crippen LogP contribution in [0.3, 0.4) is 0 Å². The first-order valence-electron chi connectivity index (χ1n) is 13.2. The van der Waals surface area contributed by atoms with E-state index < -0.39 is 17.6 Å². The summed E-state index contributed by atoms with van der Waals surface area (Å²) in [6, 6.07) is 18.8. The van der Waals surface area contributed by atoms with Crippen molar-refractivity contribution in [3.8, 4) is 17.2 Å². The van der Waals surface area contributed by atoms with E-state index in [0.717, 1.165) is 39.3 Å². The van der Waals surface area contributed by atoms with Gasteiger partial charge in [0.05, 0.1) is 33.1 Å². The largest absolute Gasteiger partial charge is 0.497 e. The van der Waals surface area contributed by atoms with Gasteiger partial charge in [-0.15, -0.1) is 0 Å². The summed E-state index contributed by atoms with van der Waals surface area (Å²) in [6.07, 6.45) is 0.782. The molecule has 1 aromatic heterocycles. The van der Waals surface area contributed by atoms with Crippen LogP contribution in [0.2, 0.25) is 0 Å². The lowest BCUT2D eigenvalue weighted by Gasteiger charge is -2.26. The fourth-order valence-corrected chi connectivity index (χ4v) is 4.84. The third kappa shape index (κ3) is 6.41. The number of esters is 1. The summed E-state index contributed by atoms with van der Waals surface area (Å²) in [5.74, 6) is 0.871. The summed E-state index contributed by atoms with van der Waals surface area (Å²) in [5.41, 5.74) is 4.01. The van der Waals surface area contributed by atoms with Crippen molar-refractivity contribution in [1.29, 1.82) is 0 Å². The second-order valence-electron chi connectivity index (χ2n) is 9.84. The number of anilines is 1. The molecule has 4 rings (SSSR count). The lowest BCUT2D eigenvalue weighted by Crippen LogP contribution is -2.33. The van der Waals surface area contributed by atoms with E-state index in [9.17, 15) is 14.7 Å². The van der Waals surface area contributed by atoms with Gasteiger partial charge in [0.25, 0.3) is 5.56 Å². The molecule has 3 aromatic carbocycles. The maximum atomic E-state index is 14.0. The quantitative estimate of drug-likeness (QED) is 0.274. The van der Waals surface area contributed by atoms with Crippen molar-refractivity contribution in [2.75, 3.05) is 26.2 Å². The average Bonchev–Trinajstić information content (AvgIpc) is 2.97. The van der Waals surface area contributed by atoms with Crippen LogP contribution in [0.5, 0.6) is 11.5 Å². The second kappa shape index (κ2) is 12.7. The number of aromatic nitrogens is 2. The normalized spacial score (nSPS) is 11.6. The van der Waals surface area contributed by atoms with Crippen LogP contribution in [0, 0.1) is 13.8 Å². The Bertz CT molecular complexity index is 1500. The highest BCUT2D eigenvalue weighted by Gasteiger charge is 2.26. The zero-order valence-corrected chi connectivity index (χ0v) is 24.2. The molecule has 1 unspecified atom stereocenters. The van der Waals surface area contributed by atoms with Crippen LogP contribution in [-0.2, 0) is 17.8 Å². The standard InChI is InChI=1S/C32H35N3O6/c1-20-15-25(22(3)36)16-21(2)29(20)35-19-33-30(28(31(35)37)32(38)41-6)34(17-23-7-11-26(39-4)12-8-23)18-24-9-13-27(40-5)14-10-24/h7-16,19,22,36H,17-18H2,1-6H3. The third-order valence-electron chi connectivity index (χ3n) is 6.94. The summed E-state index contributed by atoms with van der Waals surface area (Å²) in [5, 5.41) is 10.1. The molecule has 0 bridgehead atoms. The molecule has 4 aromatic rings. The number of aliphatic hydroxyl groups excluding tert-OH is 1. The number of hydrogen-bond donors (Lipinski definition) is 1. The molecule has 0 aliphatic heterocycles. The molecule has 0 spiro atoms. The van der Waals surface area contributed by atoms with Gasteiger partial charge < -0.3 is 24.2 Å². The van der Waals surface area contributed by atoms with E-state index in [1.165, 1.54) is 18.0 Å². The smallest absolute Gasteiger partial charge is 0.347 e. The Labute approximate surface area is 239 Å². The first-order valence-corrected chi connectivity index (χ1v) is 13.2. The lowest BCUT2D eigenvalue weighted by atomic mass is 10.0. The molecule has 9 nitrogen and oxygen atoms in total. The molecule has 0 fully saturated rings. The summed E-state index contributed by atoms with van der Waals surface area (Å²) in [7, 11) is 4.45. The van der Waals surface area contributed by atoms with Crippen molar-refractivity contribution in [2.45, 2.75) is 40.0 Å². The van der Waals surface area contributed by atoms with Crippen LogP contribution < -0.4 is 19.9 Å². The topological polar surface area (TPSA) is 103 Å². The van der Waals surface area contributed by atoms with Gasteiger partial charge in [0, 0.05) is 13.1 Å². The molecule has 1 N–H and O–H groups in total. The predicted molar refractivity (Wildman–Crippen MR) is 157 cm³/mol. The van der Waals surface area contributed by atoms with Gasteiger partial charge in [-0.3, -0.25) is 9.36 Å². The lowest BCUT2D eigenvalue weighted by molar-refractivity contribution is 0.0598. The molecule has 0 saturated carbocycles. The van der Waals surface area contributed by atoms with E-state index >= 15 is 0 Å². The molecule has 41 heavy (non-hydrogen) atoms. The highest BCUT2D eigenvalue weighted by atomic mass is 16.5. The molecule has 214 valence electrons. The maximum absolute atomic E-state index is 14.0. The van der Waals surface area contributed by atoms with Gasteiger partial charge in [0.2, 0.25) is 0 Å². The third-order valence-corrected chi connectivity index (χ3v) is 6.94. The molecular weight excluding hydrogens is 522 g/mol. The molecule has 0 aliphatic rings. The number of methoxy groups -OCH3 is 3. The fourth-order valence-electron chi connectivity index (χ4n) is 4.84. The zero-order valence-electron chi connectivity index (χ0n) is 24.2. The number of aryl methyl sites for hydroxylation is 2. The van der Waals surface area contributed by atoms with Crippen molar-refractivity contribution in [3.05, 3.63) is 111 Å². The van der Waals surface area contributed by atoms with Gasteiger partial charge in [0.15, 0.2) is 11.4 Å². The predicted octanol–water partition coefficient (Wildman–Crippen LogP) is 4.91. The Morgan fingerprint density at radius 3 is 1.80 bits per heavy atom. The molecular formula is C32H35N3O6. The van der Waals surface area contributed by atoms with E-state index in [1.807, 2.05) is 79.4 Å². The van der Waals surface area contributed by atoms with Gasteiger partial charge in [-0.1, -0.05) is 36.4 Å². The van der Waals surface area contributed by atoms with E-state index in [4.69, 9.17) is 14.2 Å². The Kier molecular flexibility index (Phi) is 9.09. The molecule has 1 atom stereocenters. The number of carbonyl (C=O) groups excluding carboxylic acids is 1. The van der Waals surface area contributed by atoms with Crippen LogP contribution in [0.25, 0.3) is 5.69 Å². The van der Waals surface area contributed by atoms with Crippen molar-refractivity contribution in [1.82, 2.24) is 9.55 Å². The zero-order chi connectivity index (χ0) is 29.7. The summed E-state index contributed by atoms with van der Waals surface area (Å²) < 4.78 is 17.0. The summed E-state index contributed by atoms with van der Waals surface area (Å²) in [6.45, 7) is 6.11. The molecule has 0 saturated heterocycles. The van der Waals surface area contributed by atoms with E-state index in [0.29, 0.717) is 18.8 Å². The van der Waals surface area contributed by atoms with E-state index in [-0.39, 0.29) is 11.4 Å². The van der Waals surface area contributed by atoms with Crippen molar-refractivity contribution < 1.29 is 24.1 Å². The SMILES string of the molecule is COC(=O)c1c(N(Cc2ccc(OC)cc2)Cc2ccc(OC)cc2)ncn(-c2c(C)cc(C(C)O)cc2C)c1=O. The monoisotopic (exact) mass is 557 g/mol. The van der Waals surface area contributed by atoms with Gasteiger partial charge >= 0.3 is 5.97 Å². The Morgan fingerprint density at radius 2 is 1.39 bits per heavy atom. The average molecular weight is 558 g/mol. The number of ether oxygens (including phenoxy) is 3. The van der Waals surface area contributed by atoms with E-state index in [2.05, 4.69) is 4.98 Å². The van der Waals surface area contributed by atoms with Crippen LogP contribution in [-0.4, -0.2) is 42.0 Å². The molecule has 1 heterocycles. The van der Waals surface area contributed by atoms with Crippen LogP contribution >= 0.6 is 0 Å².